The van der Waals surface area contributed by atoms with Gasteiger partial charge < -0.3 is 20.2 Å². The van der Waals surface area contributed by atoms with Gasteiger partial charge in [0.2, 0.25) is 5.95 Å². The van der Waals surface area contributed by atoms with Crippen molar-refractivity contribution in [3.63, 3.8) is 0 Å². The second-order valence-corrected chi connectivity index (χ2v) is 10.3. The number of nitrogens with one attached hydrogen (secondary N) is 1. The summed E-state index contributed by atoms with van der Waals surface area (Å²) in [5, 5.41) is 13.4. The summed E-state index contributed by atoms with van der Waals surface area (Å²) < 4.78 is 12.9. The van der Waals surface area contributed by atoms with E-state index in [1.807, 2.05) is 11.9 Å². The Bertz CT molecular complexity index is 1150. The Kier molecular flexibility index (Phi) is 5.76. The molecule has 1 atom stereocenters. The van der Waals surface area contributed by atoms with E-state index in [0.717, 1.165) is 31.3 Å². The Labute approximate surface area is 195 Å². The number of aromatic nitrogens is 4. The molecule has 0 bridgehead atoms. The highest BCUT2D eigenvalue weighted by atomic mass is 32.2. The summed E-state index contributed by atoms with van der Waals surface area (Å²) in [4.78, 5) is 23.2. The summed E-state index contributed by atoms with van der Waals surface area (Å²) in [6.07, 6.45) is 14.3. The number of fused-ring (bicyclic) bond motifs is 1. The molecule has 2 N–H and O–H groups in total. The van der Waals surface area contributed by atoms with Gasteiger partial charge in [-0.05, 0) is 31.3 Å². The largest absolute Gasteiger partial charge is 0.394 e. The summed E-state index contributed by atoms with van der Waals surface area (Å²) in [5.74, 6) is 5.63. The van der Waals surface area contributed by atoms with E-state index < -0.39 is 16.3 Å². The Morgan fingerprint density at radius 2 is 2.06 bits per heavy atom. The van der Waals surface area contributed by atoms with Crippen LogP contribution in [0.4, 0.5) is 17.6 Å². The molecule has 4 heterocycles. The highest BCUT2D eigenvalue weighted by Crippen LogP contribution is 2.39. The molecule has 172 valence electrons. The first kappa shape index (κ1) is 21.8. The lowest BCUT2D eigenvalue weighted by atomic mass is 9.77. The van der Waals surface area contributed by atoms with Crippen molar-refractivity contribution in [2.24, 2.45) is 0 Å². The molecular weight excluding hydrogens is 438 g/mol. The fourth-order valence-corrected chi connectivity index (χ4v) is 5.71. The van der Waals surface area contributed by atoms with Crippen LogP contribution in [0.3, 0.4) is 0 Å². The van der Waals surface area contributed by atoms with Gasteiger partial charge in [-0.25, -0.2) is 9.97 Å². The first-order valence-corrected chi connectivity index (χ1v) is 12.5. The second kappa shape index (κ2) is 8.72. The maximum absolute atomic E-state index is 12.9. The number of rotatable bonds is 5. The maximum Gasteiger partial charge on any atom is 0.229 e. The van der Waals surface area contributed by atoms with Gasteiger partial charge in [0.15, 0.2) is 17.5 Å². The van der Waals surface area contributed by atoms with Gasteiger partial charge in [-0.15, -0.1) is 6.42 Å². The monoisotopic (exact) mass is 465 g/mol. The molecule has 1 saturated carbocycles. The van der Waals surface area contributed by atoms with Gasteiger partial charge in [0.25, 0.3) is 0 Å². The maximum atomic E-state index is 12.9. The average molecular weight is 466 g/mol. The van der Waals surface area contributed by atoms with Crippen LogP contribution in [-0.2, 0) is 10.8 Å². The zero-order chi connectivity index (χ0) is 23.0. The molecule has 10 heteroatoms. The summed E-state index contributed by atoms with van der Waals surface area (Å²) in [6.45, 7) is 2.03. The van der Waals surface area contributed by atoms with Crippen molar-refractivity contribution in [3.8, 4) is 12.3 Å². The van der Waals surface area contributed by atoms with Crippen LogP contribution in [0.5, 0.6) is 0 Å². The summed E-state index contributed by atoms with van der Waals surface area (Å²) in [5.41, 5.74) is 1.34. The number of hydrogen-bond donors (Lipinski definition) is 2. The zero-order valence-electron chi connectivity index (χ0n) is 18.6. The summed E-state index contributed by atoms with van der Waals surface area (Å²) in [7, 11) is 0.784. The fraction of sp³-hybridized carbons (Fsp3) is 0.478. The van der Waals surface area contributed by atoms with Gasteiger partial charge in [-0.3, -0.25) is 4.21 Å². The molecular formula is C23H27N7O2S. The van der Waals surface area contributed by atoms with E-state index in [1.165, 1.54) is 0 Å². The Morgan fingerprint density at radius 1 is 1.27 bits per heavy atom. The third-order valence-corrected chi connectivity index (χ3v) is 8.02. The molecule has 0 radical (unpaired) electrons. The minimum absolute atomic E-state index is 0.0257. The van der Waals surface area contributed by atoms with Crippen molar-refractivity contribution in [1.29, 1.82) is 0 Å². The summed E-state index contributed by atoms with van der Waals surface area (Å²) >= 11 is 0. The van der Waals surface area contributed by atoms with E-state index in [1.54, 1.807) is 12.4 Å². The van der Waals surface area contributed by atoms with Gasteiger partial charge in [0, 0.05) is 44.8 Å². The van der Waals surface area contributed by atoms with Gasteiger partial charge in [0.05, 0.1) is 28.5 Å². The fourth-order valence-electron chi connectivity index (χ4n) is 4.35. The topological polar surface area (TPSA) is 107 Å². The predicted molar refractivity (Wildman–Crippen MR) is 129 cm³/mol. The summed E-state index contributed by atoms with van der Waals surface area (Å²) in [6, 6.07) is 0. The van der Waals surface area contributed by atoms with Crippen molar-refractivity contribution >= 4 is 34.0 Å². The van der Waals surface area contributed by atoms with Crippen LogP contribution in [0.1, 0.15) is 37.1 Å². The molecule has 0 amide bonds. The number of aliphatic hydroxyl groups is 1. The van der Waals surface area contributed by atoms with Crippen LogP contribution in [0, 0.1) is 12.3 Å². The van der Waals surface area contributed by atoms with Crippen LogP contribution in [0.15, 0.2) is 23.4 Å². The van der Waals surface area contributed by atoms with E-state index in [0.29, 0.717) is 59.3 Å². The second-order valence-electron chi connectivity index (χ2n) is 8.78. The molecule has 1 fully saturated rings. The van der Waals surface area contributed by atoms with Gasteiger partial charge in [-0.2, -0.15) is 9.97 Å². The quantitative estimate of drug-likeness (QED) is 0.634. The van der Waals surface area contributed by atoms with Crippen LogP contribution in [0.25, 0.3) is 5.57 Å². The molecule has 1 aliphatic carbocycles. The highest BCUT2D eigenvalue weighted by molar-refractivity contribution is 7.85. The molecule has 2 aromatic rings. The number of nitrogens with zero attached hydrogens (tertiary/aromatic N) is 6. The predicted octanol–water partition coefficient (Wildman–Crippen LogP) is 1.43. The van der Waals surface area contributed by atoms with Crippen LogP contribution < -0.4 is 15.1 Å². The molecule has 0 saturated heterocycles. The third kappa shape index (κ3) is 4.07. The molecule has 1 unspecified atom stereocenters. The van der Waals surface area contributed by atoms with Crippen LogP contribution in [-0.4, -0.2) is 73.8 Å². The van der Waals surface area contributed by atoms with Crippen molar-refractivity contribution < 1.29 is 9.32 Å². The van der Waals surface area contributed by atoms with Crippen LogP contribution >= 0.6 is 0 Å². The average Bonchev–Trinajstić information content (AvgIpc) is 2.83. The molecule has 33 heavy (non-hydrogen) atoms. The van der Waals surface area contributed by atoms with Crippen molar-refractivity contribution in [2.45, 2.75) is 36.1 Å². The Balaban J connectivity index is 1.45. The first-order chi connectivity index (χ1) is 16.0. The molecule has 0 spiro atoms. The number of hydrogen-bond acceptors (Lipinski definition) is 9. The molecule has 5 rings (SSSR count). The molecule has 0 aromatic carbocycles. The lowest BCUT2D eigenvalue weighted by molar-refractivity contribution is 0.143. The lowest BCUT2D eigenvalue weighted by Crippen LogP contribution is -2.49. The van der Waals surface area contributed by atoms with E-state index in [-0.39, 0.29) is 6.61 Å². The van der Waals surface area contributed by atoms with E-state index in [4.69, 9.17) is 16.4 Å². The molecule has 2 aromatic heterocycles. The molecule has 2 aliphatic heterocycles. The normalized spacial score (nSPS) is 21.5. The standard InChI is InChI=1S/C23H27N7O2S/c1-3-16-13-24-19(25-14-16)17-5-9-30(10-6-17)22-26-20(28-23(15-31)7-4-8-23)18-21(27-22)29(2)11-12-33(18)32/h1,5,13-14,31H,4,6-12,15H2,2H3,(H,26,27,28). The minimum Gasteiger partial charge on any atom is -0.394 e. The van der Waals surface area contributed by atoms with Gasteiger partial charge in [0.1, 0.15) is 4.90 Å². The van der Waals surface area contributed by atoms with Gasteiger partial charge in [-0.1, -0.05) is 12.0 Å². The number of aliphatic hydroxyl groups excluding tert-OH is 1. The SMILES string of the molecule is C#Cc1cnc(C2=CCN(c3nc(NC4(CO)CCC4)c4c(n3)N(C)CCS4=O)CC2)nc1. The molecule has 3 aliphatic rings. The van der Waals surface area contributed by atoms with E-state index in [9.17, 15) is 9.32 Å². The molecule has 9 nitrogen and oxygen atoms in total. The Morgan fingerprint density at radius 3 is 2.67 bits per heavy atom. The smallest absolute Gasteiger partial charge is 0.229 e. The van der Waals surface area contributed by atoms with Crippen molar-refractivity contribution in [3.05, 3.63) is 29.9 Å². The van der Waals surface area contributed by atoms with E-state index in [2.05, 4.69) is 32.2 Å². The first-order valence-electron chi connectivity index (χ1n) is 11.2. The third-order valence-electron chi connectivity index (χ3n) is 6.63. The zero-order valence-corrected chi connectivity index (χ0v) is 19.4. The van der Waals surface area contributed by atoms with Crippen molar-refractivity contribution in [2.75, 3.05) is 54.2 Å². The highest BCUT2D eigenvalue weighted by Gasteiger charge is 2.39. The van der Waals surface area contributed by atoms with Crippen LogP contribution in [0.2, 0.25) is 0 Å². The minimum atomic E-state index is -1.18. The Hall–Kier alpha value is -3.03. The van der Waals surface area contributed by atoms with E-state index >= 15 is 0 Å². The van der Waals surface area contributed by atoms with Gasteiger partial charge >= 0.3 is 0 Å². The number of terminal acetylenes is 1. The lowest BCUT2D eigenvalue weighted by Gasteiger charge is -2.42. The number of anilines is 3. The van der Waals surface area contributed by atoms with Crippen molar-refractivity contribution in [1.82, 2.24) is 19.9 Å².